The zero-order chi connectivity index (χ0) is 18.7. The maximum atomic E-state index is 12.7. The smallest absolute Gasteiger partial charge is 0.288 e. The Bertz CT molecular complexity index is 875. The van der Waals surface area contributed by atoms with E-state index in [1.807, 2.05) is 30.3 Å². The van der Waals surface area contributed by atoms with Gasteiger partial charge in [0.15, 0.2) is 0 Å². The van der Waals surface area contributed by atoms with Gasteiger partial charge in [-0.05, 0) is 36.6 Å². The van der Waals surface area contributed by atoms with E-state index in [9.17, 15) is 14.9 Å². The number of nitro groups is 1. The fourth-order valence-electron chi connectivity index (χ4n) is 2.93. The molecule has 134 valence electrons. The molecule has 0 spiro atoms. The Hall–Kier alpha value is -3.22. The molecule has 0 fully saturated rings. The summed E-state index contributed by atoms with van der Waals surface area (Å²) < 4.78 is 5.17. The number of aromatic nitrogens is 1. The highest BCUT2D eigenvalue weighted by molar-refractivity contribution is 5.96. The van der Waals surface area contributed by atoms with E-state index in [1.165, 1.54) is 17.8 Å². The molecular weight excluding hydrogens is 334 g/mol. The van der Waals surface area contributed by atoms with Gasteiger partial charge in [-0.15, -0.1) is 0 Å². The SMILES string of the molecule is COc1ccc(C2=CCN(C(=O)c3cc([N+](=O)[O-])cnc3C)CC2)cc1. The van der Waals surface area contributed by atoms with Gasteiger partial charge in [-0.2, -0.15) is 0 Å². The minimum Gasteiger partial charge on any atom is -0.497 e. The van der Waals surface area contributed by atoms with E-state index in [1.54, 1.807) is 18.9 Å². The van der Waals surface area contributed by atoms with Gasteiger partial charge in [-0.1, -0.05) is 18.2 Å². The fourth-order valence-corrected chi connectivity index (χ4v) is 2.93. The van der Waals surface area contributed by atoms with E-state index >= 15 is 0 Å². The molecule has 7 nitrogen and oxygen atoms in total. The lowest BCUT2D eigenvalue weighted by molar-refractivity contribution is -0.385. The lowest BCUT2D eigenvalue weighted by Gasteiger charge is -2.27. The number of carbonyl (C=O) groups excluding carboxylic acids is 1. The number of nitrogens with zero attached hydrogens (tertiary/aromatic N) is 3. The topological polar surface area (TPSA) is 85.6 Å². The van der Waals surface area contributed by atoms with Crippen LogP contribution in [0.15, 0.2) is 42.6 Å². The van der Waals surface area contributed by atoms with Crippen LogP contribution in [0.2, 0.25) is 0 Å². The van der Waals surface area contributed by atoms with Crippen molar-refractivity contribution < 1.29 is 14.5 Å². The van der Waals surface area contributed by atoms with E-state index in [4.69, 9.17) is 4.74 Å². The van der Waals surface area contributed by atoms with Crippen molar-refractivity contribution >= 4 is 17.2 Å². The molecule has 0 saturated heterocycles. The molecule has 0 atom stereocenters. The van der Waals surface area contributed by atoms with Crippen molar-refractivity contribution in [3.63, 3.8) is 0 Å². The Morgan fingerprint density at radius 2 is 2.04 bits per heavy atom. The van der Waals surface area contributed by atoms with Crippen LogP contribution in [0, 0.1) is 17.0 Å². The lowest BCUT2D eigenvalue weighted by atomic mass is 9.99. The maximum absolute atomic E-state index is 12.7. The second-order valence-electron chi connectivity index (χ2n) is 6.04. The highest BCUT2D eigenvalue weighted by atomic mass is 16.6. The Balaban J connectivity index is 1.76. The van der Waals surface area contributed by atoms with Crippen LogP contribution in [-0.2, 0) is 0 Å². The minimum atomic E-state index is -0.541. The third kappa shape index (κ3) is 3.56. The number of rotatable bonds is 4. The van der Waals surface area contributed by atoms with Gasteiger partial charge >= 0.3 is 0 Å². The first-order valence-corrected chi connectivity index (χ1v) is 8.23. The van der Waals surface area contributed by atoms with Crippen LogP contribution in [0.25, 0.3) is 5.57 Å². The Kier molecular flexibility index (Phi) is 4.97. The number of hydrogen-bond acceptors (Lipinski definition) is 5. The van der Waals surface area contributed by atoms with Crippen molar-refractivity contribution in [3.8, 4) is 5.75 Å². The number of hydrogen-bond donors (Lipinski definition) is 0. The summed E-state index contributed by atoms with van der Waals surface area (Å²) in [5, 5.41) is 10.9. The van der Waals surface area contributed by atoms with E-state index in [2.05, 4.69) is 4.98 Å². The molecule has 0 radical (unpaired) electrons. The zero-order valence-electron chi connectivity index (χ0n) is 14.6. The normalized spacial score (nSPS) is 13.9. The van der Waals surface area contributed by atoms with Crippen LogP contribution >= 0.6 is 0 Å². The summed E-state index contributed by atoms with van der Waals surface area (Å²) in [5.41, 5.74) is 2.87. The standard InChI is InChI=1S/C19H19N3O4/c1-13-18(11-16(12-20-13)22(24)25)19(23)21-9-7-15(8-10-21)14-3-5-17(26-2)6-4-14/h3-7,11-12H,8-10H2,1-2H3. The summed E-state index contributed by atoms with van der Waals surface area (Å²) >= 11 is 0. The van der Waals surface area contributed by atoms with Crippen molar-refractivity contribution in [1.29, 1.82) is 0 Å². The zero-order valence-corrected chi connectivity index (χ0v) is 14.6. The molecule has 0 unspecified atom stereocenters. The van der Waals surface area contributed by atoms with Crippen molar-refractivity contribution in [3.05, 3.63) is 69.5 Å². The summed E-state index contributed by atoms with van der Waals surface area (Å²) in [6.45, 7) is 2.70. The van der Waals surface area contributed by atoms with Gasteiger partial charge in [0.1, 0.15) is 11.9 Å². The van der Waals surface area contributed by atoms with Crippen molar-refractivity contribution in [1.82, 2.24) is 9.88 Å². The van der Waals surface area contributed by atoms with Gasteiger partial charge in [0.2, 0.25) is 0 Å². The van der Waals surface area contributed by atoms with Gasteiger partial charge in [-0.3, -0.25) is 19.9 Å². The summed E-state index contributed by atoms with van der Waals surface area (Å²) in [4.78, 5) is 28.8. The second kappa shape index (κ2) is 7.35. The maximum Gasteiger partial charge on any atom is 0.288 e. The van der Waals surface area contributed by atoms with E-state index in [-0.39, 0.29) is 17.2 Å². The van der Waals surface area contributed by atoms with Gasteiger partial charge in [0.25, 0.3) is 11.6 Å². The molecular formula is C19H19N3O4. The molecule has 1 aliphatic rings. The average Bonchev–Trinajstić information content (AvgIpc) is 2.68. The number of amides is 1. The first kappa shape index (κ1) is 17.6. The van der Waals surface area contributed by atoms with Gasteiger partial charge < -0.3 is 9.64 Å². The summed E-state index contributed by atoms with van der Waals surface area (Å²) in [6, 6.07) is 9.11. The molecule has 2 heterocycles. The molecule has 1 aromatic carbocycles. The first-order valence-electron chi connectivity index (χ1n) is 8.23. The van der Waals surface area contributed by atoms with Crippen LogP contribution in [0.5, 0.6) is 5.75 Å². The molecule has 2 aromatic rings. The van der Waals surface area contributed by atoms with E-state index in [0.717, 1.165) is 17.7 Å². The quantitative estimate of drug-likeness (QED) is 0.622. The largest absolute Gasteiger partial charge is 0.497 e. The molecule has 0 saturated carbocycles. The molecule has 7 heteroatoms. The molecule has 1 aliphatic heterocycles. The fraction of sp³-hybridized carbons (Fsp3) is 0.263. The number of benzene rings is 1. The molecule has 0 N–H and O–H groups in total. The minimum absolute atomic E-state index is 0.176. The summed E-state index contributed by atoms with van der Waals surface area (Å²) in [7, 11) is 1.63. The molecule has 1 amide bonds. The molecule has 26 heavy (non-hydrogen) atoms. The predicted octanol–water partition coefficient (Wildman–Crippen LogP) is 3.24. The monoisotopic (exact) mass is 353 g/mol. The van der Waals surface area contributed by atoms with Gasteiger partial charge in [0.05, 0.1) is 23.3 Å². The Morgan fingerprint density at radius 3 is 2.62 bits per heavy atom. The molecule has 1 aromatic heterocycles. The molecule has 0 aliphatic carbocycles. The predicted molar refractivity (Wildman–Crippen MR) is 97.1 cm³/mol. The summed E-state index contributed by atoms with van der Waals surface area (Å²) in [5.74, 6) is 0.569. The van der Waals surface area contributed by atoms with Crippen LogP contribution in [-0.4, -0.2) is 40.9 Å². The van der Waals surface area contributed by atoms with Crippen LogP contribution in [0.4, 0.5) is 5.69 Å². The van der Waals surface area contributed by atoms with E-state index in [0.29, 0.717) is 18.8 Å². The highest BCUT2D eigenvalue weighted by Crippen LogP contribution is 2.25. The Labute approximate surface area is 151 Å². The number of carbonyl (C=O) groups is 1. The number of aryl methyl sites for hydroxylation is 1. The molecule has 0 bridgehead atoms. The van der Waals surface area contributed by atoms with Gasteiger partial charge in [0, 0.05) is 19.2 Å². The number of pyridine rings is 1. The van der Waals surface area contributed by atoms with Gasteiger partial charge in [-0.25, -0.2) is 0 Å². The van der Waals surface area contributed by atoms with Crippen LogP contribution in [0.1, 0.15) is 28.0 Å². The van der Waals surface area contributed by atoms with Crippen LogP contribution in [0.3, 0.4) is 0 Å². The summed E-state index contributed by atoms with van der Waals surface area (Å²) in [6.07, 6.45) is 3.91. The average molecular weight is 353 g/mol. The van der Waals surface area contributed by atoms with Crippen LogP contribution < -0.4 is 4.74 Å². The highest BCUT2D eigenvalue weighted by Gasteiger charge is 2.23. The lowest BCUT2D eigenvalue weighted by Crippen LogP contribution is -2.35. The second-order valence-corrected chi connectivity index (χ2v) is 6.04. The first-order chi connectivity index (χ1) is 12.5. The van der Waals surface area contributed by atoms with Crippen molar-refractivity contribution in [2.75, 3.05) is 20.2 Å². The third-order valence-corrected chi connectivity index (χ3v) is 4.47. The molecule has 3 rings (SSSR count). The van der Waals surface area contributed by atoms with Crippen molar-refractivity contribution in [2.45, 2.75) is 13.3 Å². The number of methoxy groups -OCH3 is 1. The van der Waals surface area contributed by atoms with E-state index < -0.39 is 4.92 Å². The number of ether oxygens (including phenoxy) is 1. The third-order valence-electron chi connectivity index (χ3n) is 4.47. The Morgan fingerprint density at radius 1 is 1.31 bits per heavy atom. The van der Waals surface area contributed by atoms with Crippen molar-refractivity contribution in [2.24, 2.45) is 0 Å².